The van der Waals surface area contributed by atoms with Gasteiger partial charge in [-0.25, -0.2) is 4.79 Å². The molecule has 2 N–H and O–H groups in total. The Morgan fingerprint density at radius 3 is 2.05 bits per heavy atom. The molecule has 5 rings (SSSR count). The van der Waals surface area contributed by atoms with Crippen LogP contribution in [0.2, 0.25) is 5.02 Å². The molecular formula is C33H27ClN2O6. The Bertz CT molecular complexity index is 1610. The van der Waals surface area contributed by atoms with Gasteiger partial charge in [-0.3, -0.25) is 14.4 Å². The second kappa shape index (κ2) is 12.7. The van der Waals surface area contributed by atoms with Gasteiger partial charge in [0.1, 0.15) is 12.6 Å². The van der Waals surface area contributed by atoms with Gasteiger partial charge in [0.05, 0.1) is 19.2 Å². The van der Waals surface area contributed by atoms with Gasteiger partial charge < -0.3 is 20.1 Å². The van der Waals surface area contributed by atoms with Crippen LogP contribution >= 0.6 is 11.6 Å². The minimum Gasteiger partial charge on any atom is -0.469 e. The van der Waals surface area contributed by atoms with Crippen LogP contribution < -0.4 is 10.6 Å². The fourth-order valence-corrected chi connectivity index (χ4v) is 5.13. The summed E-state index contributed by atoms with van der Waals surface area (Å²) in [6.45, 7) is 0.0326. The molecule has 9 heteroatoms. The maximum atomic E-state index is 13.3. The fraction of sp³-hybridized carbons (Fsp3) is 0.152. The number of rotatable bonds is 9. The van der Waals surface area contributed by atoms with Gasteiger partial charge in [-0.1, -0.05) is 72.3 Å². The highest BCUT2D eigenvalue weighted by Gasteiger charge is 2.31. The van der Waals surface area contributed by atoms with E-state index in [0.29, 0.717) is 10.6 Å². The van der Waals surface area contributed by atoms with Crippen LogP contribution in [0.4, 0.5) is 10.5 Å². The Morgan fingerprint density at radius 2 is 1.40 bits per heavy atom. The van der Waals surface area contributed by atoms with Crippen molar-refractivity contribution in [3.63, 3.8) is 0 Å². The Balaban J connectivity index is 1.29. The molecule has 212 valence electrons. The number of esters is 1. The first-order chi connectivity index (χ1) is 20.4. The van der Waals surface area contributed by atoms with Crippen LogP contribution in [0.1, 0.15) is 39.4 Å². The SMILES string of the molecule is COC(=O)C[C@H](NC(=O)OCC1c2ccccc2-c2ccccc21)C(=O)Nc1ccccc1C(=O)c1ccc(Cl)cc1. The molecule has 1 aliphatic rings. The molecule has 4 aromatic rings. The molecular weight excluding hydrogens is 556 g/mol. The van der Waals surface area contributed by atoms with Crippen LogP contribution in [-0.4, -0.2) is 43.5 Å². The van der Waals surface area contributed by atoms with E-state index < -0.39 is 30.4 Å². The van der Waals surface area contributed by atoms with E-state index in [9.17, 15) is 19.2 Å². The molecule has 0 aromatic heterocycles. The molecule has 8 nitrogen and oxygen atoms in total. The van der Waals surface area contributed by atoms with Gasteiger partial charge >= 0.3 is 12.1 Å². The highest BCUT2D eigenvalue weighted by Crippen LogP contribution is 2.44. The van der Waals surface area contributed by atoms with Gasteiger partial charge in [0.2, 0.25) is 5.91 Å². The van der Waals surface area contributed by atoms with Crippen LogP contribution in [0.5, 0.6) is 0 Å². The molecule has 42 heavy (non-hydrogen) atoms. The summed E-state index contributed by atoms with van der Waals surface area (Å²) in [6.07, 6.45) is -1.31. The highest BCUT2D eigenvalue weighted by molar-refractivity contribution is 6.30. The number of alkyl carbamates (subject to hydrolysis) is 1. The van der Waals surface area contributed by atoms with Crippen molar-refractivity contribution in [1.82, 2.24) is 5.32 Å². The van der Waals surface area contributed by atoms with Crippen molar-refractivity contribution >= 4 is 41.0 Å². The number of amides is 2. The standard InChI is InChI=1S/C33H27ClN2O6/c1-41-30(37)18-29(32(39)35-28-13-7-6-12-26(28)31(38)20-14-16-21(34)17-15-20)36-33(40)42-19-27-24-10-4-2-8-22(24)23-9-3-5-11-25(23)27/h2-17,27,29H,18-19H2,1H3,(H,35,39)(H,36,40)/t29-/m0/s1. The number of benzene rings is 4. The first kappa shape index (κ1) is 28.6. The maximum absolute atomic E-state index is 13.3. The Kier molecular flexibility index (Phi) is 8.64. The van der Waals surface area contributed by atoms with Gasteiger partial charge in [-0.2, -0.15) is 0 Å². The number of halogens is 1. The summed E-state index contributed by atoms with van der Waals surface area (Å²) in [7, 11) is 1.19. The van der Waals surface area contributed by atoms with Crippen molar-refractivity contribution in [3.8, 4) is 11.1 Å². The number of fused-ring (bicyclic) bond motifs is 3. The third-order valence-electron chi connectivity index (χ3n) is 7.09. The number of anilines is 1. The molecule has 0 radical (unpaired) electrons. The third kappa shape index (κ3) is 6.19. The number of hydrogen-bond donors (Lipinski definition) is 2. The minimum atomic E-state index is -1.33. The number of nitrogens with one attached hydrogen (secondary N) is 2. The fourth-order valence-electron chi connectivity index (χ4n) is 5.01. The van der Waals surface area contributed by atoms with Crippen LogP contribution in [0, 0.1) is 0 Å². The summed E-state index contributed by atoms with van der Waals surface area (Å²) in [5.41, 5.74) is 5.06. The molecule has 0 spiro atoms. The molecule has 2 amide bonds. The van der Waals surface area contributed by atoms with E-state index in [-0.39, 0.29) is 29.6 Å². The Hall–Kier alpha value is -4.95. The average Bonchev–Trinajstić information content (AvgIpc) is 3.33. The Morgan fingerprint density at radius 1 is 0.810 bits per heavy atom. The lowest BCUT2D eigenvalue weighted by molar-refractivity contribution is -0.142. The zero-order valence-electron chi connectivity index (χ0n) is 22.6. The lowest BCUT2D eigenvalue weighted by atomic mass is 9.98. The first-order valence-electron chi connectivity index (χ1n) is 13.2. The van der Waals surface area contributed by atoms with E-state index in [1.807, 2.05) is 48.5 Å². The van der Waals surface area contributed by atoms with Crippen molar-refractivity contribution in [3.05, 3.63) is 124 Å². The molecule has 0 heterocycles. The minimum absolute atomic E-state index is 0.0326. The van der Waals surface area contributed by atoms with Gasteiger partial charge in [0.15, 0.2) is 5.78 Å². The van der Waals surface area contributed by atoms with Crippen molar-refractivity contribution in [1.29, 1.82) is 0 Å². The molecule has 0 aliphatic heterocycles. The van der Waals surface area contributed by atoms with E-state index >= 15 is 0 Å². The smallest absolute Gasteiger partial charge is 0.407 e. The average molecular weight is 583 g/mol. The van der Waals surface area contributed by atoms with Crippen LogP contribution in [-0.2, 0) is 19.1 Å². The van der Waals surface area contributed by atoms with Crippen molar-refractivity contribution in [2.24, 2.45) is 0 Å². The third-order valence-corrected chi connectivity index (χ3v) is 7.34. The summed E-state index contributed by atoms with van der Waals surface area (Å²) in [4.78, 5) is 51.5. The molecule has 0 saturated heterocycles. The summed E-state index contributed by atoms with van der Waals surface area (Å²) in [6, 6.07) is 27.3. The van der Waals surface area contributed by atoms with E-state index in [1.54, 1.807) is 48.5 Å². The number of ether oxygens (including phenoxy) is 2. The molecule has 1 atom stereocenters. The molecule has 0 unspecified atom stereocenters. The highest BCUT2D eigenvalue weighted by atomic mass is 35.5. The lowest BCUT2D eigenvalue weighted by Crippen LogP contribution is -2.45. The first-order valence-corrected chi connectivity index (χ1v) is 13.6. The normalized spacial score (nSPS) is 12.4. The van der Waals surface area contributed by atoms with E-state index in [1.165, 1.54) is 7.11 Å². The molecule has 4 aromatic carbocycles. The van der Waals surface area contributed by atoms with Crippen molar-refractivity contribution in [2.75, 3.05) is 19.0 Å². The second-order valence-electron chi connectivity index (χ2n) is 9.67. The molecule has 0 bridgehead atoms. The second-order valence-corrected chi connectivity index (χ2v) is 10.1. The molecule has 0 fully saturated rings. The van der Waals surface area contributed by atoms with E-state index in [2.05, 4.69) is 10.6 Å². The lowest BCUT2D eigenvalue weighted by Gasteiger charge is -2.20. The van der Waals surface area contributed by atoms with E-state index in [4.69, 9.17) is 21.1 Å². The number of hydrogen-bond acceptors (Lipinski definition) is 6. The van der Waals surface area contributed by atoms with Crippen LogP contribution in [0.3, 0.4) is 0 Å². The largest absolute Gasteiger partial charge is 0.469 e. The summed E-state index contributed by atoms with van der Waals surface area (Å²) in [5.74, 6) is -1.94. The summed E-state index contributed by atoms with van der Waals surface area (Å²) >= 11 is 5.95. The predicted octanol–water partition coefficient (Wildman–Crippen LogP) is 5.98. The topological polar surface area (TPSA) is 111 Å². The number of carbonyl (C=O) groups excluding carboxylic acids is 4. The zero-order valence-corrected chi connectivity index (χ0v) is 23.4. The number of methoxy groups -OCH3 is 1. The van der Waals surface area contributed by atoms with Crippen molar-refractivity contribution < 1.29 is 28.7 Å². The van der Waals surface area contributed by atoms with Crippen molar-refractivity contribution in [2.45, 2.75) is 18.4 Å². The van der Waals surface area contributed by atoms with Gasteiger partial charge in [0, 0.05) is 22.1 Å². The van der Waals surface area contributed by atoms with Gasteiger partial charge in [-0.15, -0.1) is 0 Å². The number of carbonyl (C=O) groups is 4. The number of para-hydroxylation sites is 1. The van der Waals surface area contributed by atoms with E-state index in [0.717, 1.165) is 22.3 Å². The molecule has 0 saturated carbocycles. The van der Waals surface area contributed by atoms with Gasteiger partial charge in [-0.05, 0) is 58.7 Å². The maximum Gasteiger partial charge on any atom is 0.407 e. The van der Waals surface area contributed by atoms with Crippen LogP contribution in [0.25, 0.3) is 11.1 Å². The Labute approximate surface area is 247 Å². The zero-order chi connectivity index (χ0) is 29.6. The van der Waals surface area contributed by atoms with Gasteiger partial charge in [0.25, 0.3) is 0 Å². The quantitative estimate of drug-likeness (QED) is 0.185. The number of ketones is 1. The summed E-state index contributed by atoms with van der Waals surface area (Å²) in [5, 5.41) is 5.64. The predicted molar refractivity (Wildman–Crippen MR) is 159 cm³/mol. The summed E-state index contributed by atoms with van der Waals surface area (Å²) < 4.78 is 10.3. The monoisotopic (exact) mass is 582 g/mol. The molecule has 1 aliphatic carbocycles. The van der Waals surface area contributed by atoms with Crippen LogP contribution in [0.15, 0.2) is 97.1 Å².